The monoisotopic (exact) mass is 533 g/mol. The third kappa shape index (κ3) is 10.9. The van der Waals surface area contributed by atoms with Crippen LogP contribution < -0.4 is 0 Å². The second-order valence-electron chi connectivity index (χ2n) is 8.31. The number of aliphatic carboxylic acids is 1. The van der Waals surface area contributed by atoms with Gasteiger partial charge in [-0.15, -0.1) is 0 Å². The molecule has 12 nitrogen and oxygen atoms in total. The summed E-state index contributed by atoms with van der Waals surface area (Å²) in [5.41, 5.74) is 0.716. The van der Waals surface area contributed by atoms with Crippen LogP contribution in [0.25, 0.3) is 0 Å². The van der Waals surface area contributed by atoms with E-state index in [1.807, 2.05) is 0 Å². The Morgan fingerprint density at radius 3 is 1.68 bits per heavy atom. The van der Waals surface area contributed by atoms with Gasteiger partial charge in [0.15, 0.2) is 37.7 Å². The van der Waals surface area contributed by atoms with Gasteiger partial charge in [0.25, 0.3) is 0 Å². The Labute approximate surface area is 219 Å². The molecule has 0 aromatic carbocycles. The van der Waals surface area contributed by atoms with Gasteiger partial charge in [-0.1, -0.05) is 0 Å². The van der Waals surface area contributed by atoms with Gasteiger partial charge in [0, 0.05) is 39.3 Å². The maximum Gasteiger partial charge on any atom is 0.307 e. The fourth-order valence-corrected chi connectivity index (χ4v) is 3.55. The molecule has 214 valence electrons. The van der Waals surface area contributed by atoms with E-state index in [1.165, 1.54) is 33.7 Å². The number of nitrogens with zero attached hydrogens (tertiary/aromatic N) is 1. The van der Waals surface area contributed by atoms with Crippen LogP contribution in [-0.2, 0) is 59.6 Å². The van der Waals surface area contributed by atoms with Crippen molar-refractivity contribution in [3.8, 4) is 0 Å². The maximum absolute atomic E-state index is 11.7. The van der Waals surface area contributed by atoms with Crippen LogP contribution in [0.1, 0.15) is 59.6 Å². The lowest BCUT2D eigenvalue weighted by Crippen LogP contribution is -2.51. The van der Waals surface area contributed by atoms with Crippen molar-refractivity contribution < 1.29 is 52.5 Å². The van der Waals surface area contributed by atoms with E-state index in [2.05, 4.69) is 4.98 Å². The number of hydrogen-bond donors (Lipinski definition) is 1. The Balaban J connectivity index is 3.64. The summed E-state index contributed by atoms with van der Waals surface area (Å²) in [6.07, 6.45) is -2.60. The Morgan fingerprint density at radius 2 is 1.24 bits per heavy atom. The minimum absolute atomic E-state index is 0.318. The fraction of sp³-hybridized carbons (Fsp3) is 0.760. The summed E-state index contributed by atoms with van der Waals surface area (Å²) in [5.74, 6) is -2.82. The number of ether oxygens (including phenoxy) is 9. The van der Waals surface area contributed by atoms with E-state index in [0.717, 1.165) is 0 Å². The average Bonchev–Trinajstić information content (AvgIpc) is 2.82. The third-order valence-corrected chi connectivity index (χ3v) is 5.39. The SMILES string of the molecule is COC(C)OC(C)OC(C)C(OC(C)OC(C)OC)(OC(C)OC(C)OC)c1cnccc1CC(=O)O. The highest BCUT2D eigenvalue weighted by Crippen LogP contribution is 2.39. The first kappa shape index (κ1) is 33.3. The van der Waals surface area contributed by atoms with Crippen molar-refractivity contribution in [1.29, 1.82) is 0 Å². The molecule has 0 aliphatic heterocycles. The predicted octanol–water partition coefficient (Wildman–Crippen LogP) is 3.36. The van der Waals surface area contributed by atoms with Crippen molar-refractivity contribution in [3.63, 3.8) is 0 Å². The van der Waals surface area contributed by atoms with E-state index in [1.54, 1.807) is 54.5 Å². The largest absolute Gasteiger partial charge is 0.481 e. The van der Waals surface area contributed by atoms with E-state index in [9.17, 15) is 9.90 Å². The van der Waals surface area contributed by atoms with Gasteiger partial charge in [0.2, 0.25) is 5.79 Å². The number of pyridine rings is 1. The van der Waals surface area contributed by atoms with Crippen LogP contribution in [0.2, 0.25) is 0 Å². The van der Waals surface area contributed by atoms with Crippen LogP contribution in [0.5, 0.6) is 0 Å². The summed E-state index contributed by atoms with van der Waals surface area (Å²) in [6, 6.07) is 1.58. The highest BCUT2D eigenvalue weighted by Gasteiger charge is 2.48. The normalized spacial score (nSPS) is 19.3. The zero-order valence-electron chi connectivity index (χ0n) is 23.5. The molecule has 0 fully saturated rings. The molecule has 0 aliphatic carbocycles. The molecule has 1 aromatic rings. The standard InChI is InChI=1S/C25H43NO11/c1-15(32-19(5)33-16(2)29-8)25(36-20(6)34-17(3)30-9,37-21(7)35-18(4)31-10)23-14-26-12-11-22(23)13-24(27)28/h11-12,14-21H,13H2,1-10H3,(H,27,28). The summed E-state index contributed by atoms with van der Waals surface area (Å²) in [5, 5.41) is 9.58. The molecule has 0 saturated carbocycles. The molecule has 37 heavy (non-hydrogen) atoms. The fourth-order valence-electron chi connectivity index (χ4n) is 3.55. The number of carboxylic acid groups (broad SMARTS) is 1. The second-order valence-corrected chi connectivity index (χ2v) is 8.31. The quantitative estimate of drug-likeness (QED) is 0.261. The Bertz CT molecular complexity index is 776. The number of aromatic nitrogens is 1. The van der Waals surface area contributed by atoms with E-state index >= 15 is 0 Å². The van der Waals surface area contributed by atoms with Crippen molar-refractivity contribution in [2.24, 2.45) is 0 Å². The van der Waals surface area contributed by atoms with Crippen molar-refractivity contribution in [3.05, 3.63) is 29.6 Å². The Hall–Kier alpha value is -1.74. The molecule has 12 heteroatoms. The molecular formula is C25H43NO11. The zero-order chi connectivity index (χ0) is 28.2. The van der Waals surface area contributed by atoms with E-state index < -0.39 is 55.6 Å². The molecular weight excluding hydrogens is 490 g/mol. The van der Waals surface area contributed by atoms with Gasteiger partial charge in [0.1, 0.15) is 6.10 Å². The van der Waals surface area contributed by atoms with Crippen molar-refractivity contribution in [2.75, 3.05) is 21.3 Å². The summed E-state index contributed by atoms with van der Waals surface area (Å²) in [4.78, 5) is 15.9. The van der Waals surface area contributed by atoms with Gasteiger partial charge >= 0.3 is 5.97 Å². The topological polar surface area (TPSA) is 133 Å². The minimum atomic E-state index is -1.77. The lowest BCUT2D eigenvalue weighted by molar-refractivity contribution is -0.412. The van der Waals surface area contributed by atoms with Gasteiger partial charge in [-0.05, 0) is 60.1 Å². The van der Waals surface area contributed by atoms with Crippen molar-refractivity contribution in [1.82, 2.24) is 4.98 Å². The summed E-state index contributed by atoms with van der Waals surface area (Å²) < 4.78 is 51.8. The first-order valence-electron chi connectivity index (χ1n) is 12.1. The summed E-state index contributed by atoms with van der Waals surface area (Å²) in [7, 11) is 4.51. The number of carbonyl (C=O) groups is 1. The Morgan fingerprint density at radius 1 is 0.784 bits per heavy atom. The highest BCUT2D eigenvalue weighted by molar-refractivity contribution is 5.70. The first-order valence-corrected chi connectivity index (χ1v) is 12.1. The van der Waals surface area contributed by atoms with E-state index in [0.29, 0.717) is 11.1 Å². The lowest BCUT2D eigenvalue weighted by Gasteiger charge is -2.43. The van der Waals surface area contributed by atoms with Crippen molar-refractivity contribution in [2.45, 2.75) is 105 Å². The molecule has 0 amide bonds. The zero-order valence-corrected chi connectivity index (χ0v) is 23.5. The molecule has 0 spiro atoms. The van der Waals surface area contributed by atoms with E-state index in [-0.39, 0.29) is 6.42 Å². The minimum Gasteiger partial charge on any atom is -0.481 e. The van der Waals surface area contributed by atoms with Gasteiger partial charge in [-0.25, -0.2) is 0 Å². The highest BCUT2D eigenvalue weighted by atomic mass is 16.9. The predicted molar refractivity (Wildman–Crippen MR) is 131 cm³/mol. The maximum atomic E-state index is 11.7. The molecule has 1 aromatic heterocycles. The molecule has 0 aliphatic rings. The van der Waals surface area contributed by atoms with Gasteiger partial charge < -0.3 is 47.7 Å². The second kappa shape index (κ2) is 16.3. The van der Waals surface area contributed by atoms with Crippen molar-refractivity contribution >= 4 is 5.97 Å². The number of carboxylic acids is 1. The molecule has 1 rings (SSSR count). The first-order chi connectivity index (χ1) is 17.4. The van der Waals surface area contributed by atoms with Gasteiger partial charge in [-0.3, -0.25) is 9.78 Å². The number of rotatable bonds is 19. The van der Waals surface area contributed by atoms with Gasteiger partial charge in [0.05, 0.1) is 6.42 Å². The smallest absolute Gasteiger partial charge is 0.307 e. The summed E-state index contributed by atoms with van der Waals surface area (Å²) in [6.45, 7) is 11.8. The van der Waals surface area contributed by atoms with Crippen LogP contribution in [0, 0.1) is 0 Å². The van der Waals surface area contributed by atoms with Crippen LogP contribution in [0.3, 0.4) is 0 Å². The molecule has 7 unspecified atom stereocenters. The Kier molecular flexibility index (Phi) is 14.6. The van der Waals surface area contributed by atoms with Crippen LogP contribution in [0.4, 0.5) is 0 Å². The van der Waals surface area contributed by atoms with Crippen LogP contribution in [-0.4, -0.2) is 81.2 Å². The van der Waals surface area contributed by atoms with Crippen LogP contribution in [0.15, 0.2) is 18.5 Å². The lowest BCUT2D eigenvalue weighted by atomic mass is 9.95. The van der Waals surface area contributed by atoms with E-state index in [4.69, 9.17) is 42.6 Å². The van der Waals surface area contributed by atoms with Crippen LogP contribution >= 0.6 is 0 Å². The number of hydrogen-bond acceptors (Lipinski definition) is 11. The molecule has 0 saturated heterocycles. The summed E-state index contributed by atoms with van der Waals surface area (Å²) >= 11 is 0. The molecule has 1 heterocycles. The molecule has 0 bridgehead atoms. The molecule has 7 atom stereocenters. The molecule has 1 N–H and O–H groups in total. The number of methoxy groups -OCH3 is 3. The van der Waals surface area contributed by atoms with Gasteiger partial charge in [-0.2, -0.15) is 0 Å². The average molecular weight is 534 g/mol. The molecule has 0 radical (unpaired) electrons. The third-order valence-electron chi connectivity index (χ3n) is 5.39.